The lowest BCUT2D eigenvalue weighted by Gasteiger charge is -2.23. The Labute approximate surface area is 117 Å². The molecule has 1 rings (SSSR count). The highest BCUT2D eigenvalue weighted by Gasteiger charge is 2.57. The Bertz CT molecular complexity index is 432. The van der Waals surface area contributed by atoms with Crippen molar-refractivity contribution in [3.8, 4) is 0 Å². The minimum atomic E-state index is -5.52. The summed E-state index contributed by atoms with van der Waals surface area (Å²) < 4.78 is 78.1. The molecule has 120 valence electrons. The Hall–Kier alpha value is -1.51. The van der Waals surface area contributed by atoms with Crippen molar-refractivity contribution in [3.05, 3.63) is 23.9 Å². The molecule has 0 saturated carbocycles. The Balaban J connectivity index is 2.81. The van der Waals surface area contributed by atoms with E-state index in [2.05, 4.69) is 15.0 Å². The summed E-state index contributed by atoms with van der Waals surface area (Å²) in [6, 6.07) is 2.76. The van der Waals surface area contributed by atoms with Gasteiger partial charge in [0.05, 0.1) is 6.61 Å². The number of pyridine rings is 1. The Morgan fingerprint density at radius 3 is 2.33 bits per heavy atom. The van der Waals surface area contributed by atoms with E-state index >= 15 is 0 Å². The van der Waals surface area contributed by atoms with Crippen molar-refractivity contribution in [1.29, 1.82) is 0 Å². The monoisotopic (exact) mass is 316 g/mol. The minimum absolute atomic E-state index is 0.129. The number of ether oxygens (including phenoxy) is 1. The third-order valence-corrected chi connectivity index (χ3v) is 2.43. The highest BCUT2D eigenvalue weighted by Crippen LogP contribution is 2.36. The summed E-state index contributed by atoms with van der Waals surface area (Å²) in [5.74, 6) is 0.211. The summed E-state index contributed by atoms with van der Waals surface area (Å²) in [7, 11) is 0. The second-order valence-corrected chi connectivity index (χ2v) is 4.21. The smallest absolute Gasteiger partial charge is 0.370 e. The summed E-state index contributed by atoms with van der Waals surface area (Å²) in [6.45, 7) is 1.50. The first-order valence-electron chi connectivity index (χ1n) is 6.09. The molecule has 1 aromatic heterocycles. The maximum atomic E-state index is 12.3. The van der Waals surface area contributed by atoms with Crippen molar-refractivity contribution < 1.29 is 31.1 Å². The fourth-order valence-corrected chi connectivity index (χ4v) is 1.51. The molecule has 21 heavy (non-hydrogen) atoms. The molecule has 0 aliphatic heterocycles. The van der Waals surface area contributed by atoms with E-state index in [1.807, 2.05) is 6.92 Å². The molecule has 0 bridgehead atoms. The first kappa shape index (κ1) is 17.5. The summed E-state index contributed by atoms with van der Waals surface area (Å²) in [5.41, 5.74) is 0.129. The molecule has 0 radical (unpaired) electrons. The van der Waals surface area contributed by atoms with Gasteiger partial charge in [-0.3, -0.25) is 0 Å². The van der Waals surface area contributed by atoms with Crippen molar-refractivity contribution in [2.75, 3.05) is 11.9 Å². The summed E-state index contributed by atoms with van der Waals surface area (Å²) >= 11 is 0. The number of hydrogen-bond donors (Lipinski definition) is 1. The molecular formula is C12H14F6N2O. The topological polar surface area (TPSA) is 34.2 Å². The van der Waals surface area contributed by atoms with Crippen molar-refractivity contribution in [3.63, 3.8) is 0 Å². The van der Waals surface area contributed by atoms with E-state index in [4.69, 9.17) is 0 Å². The van der Waals surface area contributed by atoms with Crippen LogP contribution in [0.3, 0.4) is 0 Å². The first-order chi connectivity index (χ1) is 9.66. The van der Waals surface area contributed by atoms with E-state index in [0.717, 1.165) is 6.42 Å². The SMILES string of the molecule is CCCNc1ncccc1COC(C(F)(F)F)C(F)(F)F. The lowest BCUT2D eigenvalue weighted by Crippen LogP contribution is -2.44. The molecule has 0 amide bonds. The first-order valence-corrected chi connectivity index (χ1v) is 6.09. The van der Waals surface area contributed by atoms with E-state index in [0.29, 0.717) is 6.54 Å². The lowest BCUT2D eigenvalue weighted by atomic mass is 10.2. The van der Waals surface area contributed by atoms with E-state index in [1.54, 1.807) is 0 Å². The van der Waals surface area contributed by atoms with Crippen LogP contribution in [-0.2, 0) is 11.3 Å². The van der Waals surface area contributed by atoms with E-state index in [9.17, 15) is 26.3 Å². The molecule has 0 saturated heterocycles. The molecule has 9 heteroatoms. The molecule has 1 N–H and O–H groups in total. The number of nitrogens with one attached hydrogen (secondary N) is 1. The maximum absolute atomic E-state index is 12.3. The second-order valence-electron chi connectivity index (χ2n) is 4.21. The molecule has 0 aromatic carbocycles. The van der Waals surface area contributed by atoms with Crippen molar-refractivity contribution in [2.24, 2.45) is 0 Å². The highest BCUT2D eigenvalue weighted by molar-refractivity contribution is 5.43. The number of hydrogen-bond acceptors (Lipinski definition) is 3. The molecular weight excluding hydrogens is 302 g/mol. The van der Waals surface area contributed by atoms with Gasteiger partial charge in [0.25, 0.3) is 0 Å². The predicted octanol–water partition coefficient (Wildman–Crippen LogP) is 3.91. The van der Waals surface area contributed by atoms with Crippen LogP contribution in [0.5, 0.6) is 0 Å². The quantitative estimate of drug-likeness (QED) is 0.808. The number of nitrogens with zero attached hydrogens (tertiary/aromatic N) is 1. The van der Waals surface area contributed by atoms with Crippen LogP contribution >= 0.6 is 0 Å². The third-order valence-electron chi connectivity index (χ3n) is 2.43. The fourth-order valence-electron chi connectivity index (χ4n) is 1.51. The Morgan fingerprint density at radius 1 is 1.19 bits per heavy atom. The number of halogens is 6. The average Bonchev–Trinajstić information content (AvgIpc) is 2.34. The van der Waals surface area contributed by atoms with Gasteiger partial charge in [0.2, 0.25) is 6.10 Å². The van der Waals surface area contributed by atoms with Crippen LogP contribution in [-0.4, -0.2) is 30.0 Å². The van der Waals surface area contributed by atoms with Crippen LogP contribution in [0.15, 0.2) is 18.3 Å². The molecule has 0 atom stereocenters. The van der Waals surface area contributed by atoms with Gasteiger partial charge in [0, 0.05) is 18.3 Å². The van der Waals surface area contributed by atoms with Gasteiger partial charge in [-0.25, -0.2) is 4.98 Å². The Morgan fingerprint density at radius 2 is 1.81 bits per heavy atom. The number of aromatic nitrogens is 1. The zero-order chi connectivity index (χ0) is 16.1. The summed E-state index contributed by atoms with van der Waals surface area (Å²) in [5, 5.41) is 2.81. The third kappa shape index (κ3) is 5.41. The van der Waals surface area contributed by atoms with Gasteiger partial charge in [-0.2, -0.15) is 26.3 Å². The van der Waals surface area contributed by atoms with Gasteiger partial charge in [0.1, 0.15) is 5.82 Å². The van der Waals surface area contributed by atoms with Gasteiger partial charge >= 0.3 is 12.4 Å². The zero-order valence-electron chi connectivity index (χ0n) is 11.1. The minimum Gasteiger partial charge on any atom is -0.370 e. The van der Waals surface area contributed by atoms with Crippen molar-refractivity contribution in [1.82, 2.24) is 4.98 Å². The van der Waals surface area contributed by atoms with Crippen LogP contribution < -0.4 is 5.32 Å². The molecule has 0 unspecified atom stereocenters. The number of anilines is 1. The lowest BCUT2D eigenvalue weighted by molar-refractivity contribution is -0.324. The van der Waals surface area contributed by atoms with Crippen LogP contribution in [0.4, 0.5) is 32.2 Å². The van der Waals surface area contributed by atoms with Crippen LogP contribution in [0.2, 0.25) is 0 Å². The van der Waals surface area contributed by atoms with Gasteiger partial charge in [-0.1, -0.05) is 13.0 Å². The normalized spacial score (nSPS) is 12.8. The standard InChI is InChI=1S/C12H14F6N2O/c1-2-5-19-9-8(4-3-6-20-9)7-21-10(11(13,14)15)12(16,17)18/h3-4,6,10H,2,5,7H2,1H3,(H,19,20). The van der Waals surface area contributed by atoms with Crippen LogP contribution in [0.25, 0.3) is 0 Å². The molecule has 0 aliphatic rings. The predicted molar refractivity (Wildman–Crippen MR) is 63.7 cm³/mol. The second kappa shape index (κ2) is 6.97. The van der Waals surface area contributed by atoms with E-state index in [1.165, 1.54) is 18.3 Å². The van der Waals surface area contributed by atoms with Crippen LogP contribution in [0, 0.1) is 0 Å². The molecule has 3 nitrogen and oxygen atoms in total. The van der Waals surface area contributed by atoms with E-state index < -0.39 is 25.1 Å². The zero-order valence-corrected chi connectivity index (χ0v) is 11.1. The fraction of sp³-hybridized carbons (Fsp3) is 0.583. The summed E-state index contributed by atoms with van der Waals surface area (Å²) in [6.07, 6.45) is -12.7. The largest absolute Gasteiger partial charge is 0.423 e. The molecule has 0 fully saturated rings. The van der Waals surface area contributed by atoms with Crippen LogP contribution in [0.1, 0.15) is 18.9 Å². The van der Waals surface area contributed by atoms with E-state index in [-0.39, 0.29) is 11.4 Å². The maximum Gasteiger partial charge on any atom is 0.423 e. The highest BCUT2D eigenvalue weighted by atomic mass is 19.4. The van der Waals surface area contributed by atoms with Crippen molar-refractivity contribution >= 4 is 5.82 Å². The van der Waals surface area contributed by atoms with Gasteiger partial charge in [0.15, 0.2) is 0 Å². The van der Waals surface area contributed by atoms with Crippen molar-refractivity contribution in [2.45, 2.75) is 38.4 Å². The average molecular weight is 316 g/mol. The molecule has 0 spiro atoms. The number of rotatable bonds is 6. The Kier molecular flexibility index (Phi) is 5.82. The van der Waals surface area contributed by atoms with Gasteiger partial charge in [-0.05, 0) is 12.5 Å². The molecule has 1 heterocycles. The summed E-state index contributed by atoms with van der Waals surface area (Å²) in [4.78, 5) is 3.86. The molecule has 1 aromatic rings. The van der Waals surface area contributed by atoms with Gasteiger partial charge in [-0.15, -0.1) is 0 Å². The number of alkyl halides is 6. The molecule has 0 aliphatic carbocycles. The van der Waals surface area contributed by atoms with Gasteiger partial charge < -0.3 is 10.1 Å².